The van der Waals surface area contributed by atoms with Crippen molar-refractivity contribution in [1.29, 1.82) is 0 Å². The molecule has 0 aromatic heterocycles. The van der Waals surface area contributed by atoms with Crippen LogP contribution in [0.3, 0.4) is 0 Å². The van der Waals surface area contributed by atoms with E-state index in [1.54, 1.807) is 0 Å². The molecular formula is C12H23ClN2O. The number of carbonyl (C=O) groups is 1. The van der Waals surface area contributed by atoms with Crippen LogP contribution < -0.4 is 5.32 Å². The van der Waals surface area contributed by atoms with Crippen LogP contribution in [0.4, 0.5) is 0 Å². The number of piperidine rings is 1. The van der Waals surface area contributed by atoms with Crippen molar-refractivity contribution in [1.82, 2.24) is 10.2 Å². The Morgan fingerprint density at radius 2 is 1.88 bits per heavy atom. The van der Waals surface area contributed by atoms with Gasteiger partial charge in [0.2, 0.25) is 5.91 Å². The molecule has 0 spiro atoms. The third-order valence-corrected chi connectivity index (χ3v) is 4.16. The van der Waals surface area contributed by atoms with Crippen LogP contribution in [0, 0.1) is 5.41 Å². The van der Waals surface area contributed by atoms with Crippen LogP contribution in [-0.2, 0) is 4.79 Å². The molecule has 0 unspecified atom stereocenters. The fourth-order valence-corrected chi connectivity index (χ4v) is 2.67. The lowest BCUT2D eigenvalue weighted by Gasteiger charge is -2.43. The van der Waals surface area contributed by atoms with Crippen molar-refractivity contribution in [2.75, 3.05) is 20.1 Å². The Morgan fingerprint density at radius 1 is 1.31 bits per heavy atom. The van der Waals surface area contributed by atoms with Crippen molar-refractivity contribution in [3.63, 3.8) is 0 Å². The second-order valence-electron chi connectivity index (χ2n) is 5.27. The average Bonchev–Trinajstić information content (AvgIpc) is 2.25. The van der Waals surface area contributed by atoms with Crippen LogP contribution in [0.5, 0.6) is 0 Å². The molecule has 3 nitrogen and oxygen atoms in total. The smallest absolute Gasteiger partial charge is 0.228 e. The van der Waals surface area contributed by atoms with Gasteiger partial charge in [0, 0.05) is 24.5 Å². The standard InChI is InChI=1S/C12H22N2O.ClH/c1-12(6-3-7-12)11(15)14-8-4-10(13-2)5-9-14;/h10,13H,3-9H2,1-2H3;1H. The molecule has 0 bridgehead atoms. The molecule has 2 rings (SSSR count). The van der Waals surface area contributed by atoms with Gasteiger partial charge in [-0.15, -0.1) is 12.4 Å². The largest absolute Gasteiger partial charge is 0.342 e. The van der Waals surface area contributed by atoms with E-state index in [9.17, 15) is 4.79 Å². The number of amides is 1. The maximum atomic E-state index is 12.2. The molecule has 0 aromatic carbocycles. The molecule has 1 amide bonds. The summed E-state index contributed by atoms with van der Waals surface area (Å²) in [4.78, 5) is 14.3. The SMILES string of the molecule is CNC1CCN(C(=O)C2(C)CCC2)CC1.Cl. The van der Waals surface area contributed by atoms with Crippen LogP contribution in [0.15, 0.2) is 0 Å². The zero-order valence-electron chi connectivity index (χ0n) is 10.3. The van der Waals surface area contributed by atoms with Crippen LogP contribution in [0.1, 0.15) is 39.0 Å². The van der Waals surface area contributed by atoms with E-state index in [0.717, 1.165) is 38.8 Å². The maximum absolute atomic E-state index is 12.2. The number of hydrogen-bond acceptors (Lipinski definition) is 2. The summed E-state index contributed by atoms with van der Waals surface area (Å²) in [6.45, 7) is 4.02. The molecule has 0 atom stereocenters. The second kappa shape index (κ2) is 5.37. The van der Waals surface area contributed by atoms with E-state index >= 15 is 0 Å². The normalized spacial score (nSPS) is 24.5. The zero-order chi connectivity index (χ0) is 10.9. The predicted molar refractivity (Wildman–Crippen MR) is 67.9 cm³/mol. The number of rotatable bonds is 2. The Balaban J connectivity index is 0.00000128. The second-order valence-corrected chi connectivity index (χ2v) is 5.27. The molecule has 0 radical (unpaired) electrons. The predicted octanol–water partition coefficient (Wildman–Crippen LogP) is 1.81. The third kappa shape index (κ3) is 2.51. The van der Waals surface area contributed by atoms with E-state index in [-0.39, 0.29) is 17.8 Å². The highest BCUT2D eigenvalue weighted by atomic mass is 35.5. The number of likely N-dealkylation sites (tertiary alicyclic amines) is 1. The molecule has 2 fully saturated rings. The number of hydrogen-bond donors (Lipinski definition) is 1. The van der Waals surface area contributed by atoms with Crippen molar-refractivity contribution < 1.29 is 4.79 Å². The Labute approximate surface area is 104 Å². The first-order valence-corrected chi connectivity index (χ1v) is 6.12. The van der Waals surface area contributed by atoms with Gasteiger partial charge in [-0.25, -0.2) is 0 Å². The van der Waals surface area contributed by atoms with Gasteiger partial charge in [0.25, 0.3) is 0 Å². The van der Waals surface area contributed by atoms with Crippen LogP contribution >= 0.6 is 12.4 Å². The first kappa shape index (κ1) is 13.8. The molecule has 1 aliphatic heterocycles. The van der Waals surface area contributed by atoms with E-state index in [0.29, 0.717) is 11.9 Å². The van der Waals surface area contributed by atoms with Gasteiger partial charge in [0.1, 0.15) is 0 Å². The van der Waals surface area contributed by atoms with Crippen LogP contribution in [0.2, 0.25) is 0 Å². The van der Waals surface area contributed by atoms with Gasteiger partial charge in [-0.05, 0) is 32.7 Å². The van der Waals surface area contributed by atoms with Gasteiger partial charge in [-0.2, -0.15) is 0 Å². The Bertz CT molecular complexity index is 245. The summed E-state index contributed by atoms with van der Waals surface area (Å²) in [5.74, 6) is 0.406. The Hall–Kier alpha value is -0.280. The highest BCUT2D eigenvalue weighted by molar-refractivity contribution is 5.85. The van der Waals surface area contributed by atoms with E-state index in [2.05, 4.69) is 17.1 Å². The molecule has 2 aliphatic rings. The minimum Gasteiger partial charge on any atom is -0.342 e. The third-order valence-electron chi connectivity index (χ3n) is 4.16. The first-order chi connectivity index (χ1) is 7.15. The molecule has 4 heteroatoms. The van der Waals surface area contributed by atoms with Crippen LogP contribution in [-0.4, -0.2) is 37.0 Å². The van der Waals surface area contributed by atoms with E-state index in [4.69, 9.17) is 0 Å². The van der Waals surface area contributed by atoms with E-state index in [1.807, 2.05) is 7.05 Å². The van der Waals surface area contributed by atoms with Gasteiger partial charge >= 0.3 is 0 Å². The molecule has 1 saturated heterocycles. The lowest BCUT2D eigenvalue weighted by molar-refractivity contribution is -0.147. The lowest BCUT2D eigenvalue weighted by atomic mass is 9.69. The number of nitrogens with one attached hydrogen (secondary N) is 1. The van der Waals surface area contributed by atoms with E-state index in [1.165, 1.54) is 6.42 Å². The molecule has 1 N–H and O–H groups in total. The van der Waals surface area contributed by atoms with Crippen molar-refractivity contribution >= 4 is 18.3 Å². The number of nitrogens with zero attached hydrogens (tertiary/aromatic N) is 1. The minimum atomic E-state index is -0.00746. The summed E-state index contributed by atoms with van der Waals surface area (Å²) >= 11 is 0. The average molecular weight is 247 g/mol. The molecule has 0 aromatic rings. The van der Waals surface area contributed by atoms with Gasteiger partial charge in [-0.1, -0.05) is 13.3 Å². The Morgan fingerprint density at radius 3 is 2.25 bits per heavy atom. The van der Waals surface area contributed by atoms with Crippen molar-refractivity contribution in [3.8, 4) is 0 Å². The summed E-state index contributed by atoms with van der Waals surface area (Å²) in [7, 11) is 2.01. The van der Waals surface area contributed by atoms with Gasteiger partial charge in [-0.3, -0.25) is 4.79 Å². The summed E-state index contributed by atoms with van der Waals surface area (Å²) in [5.41, 5.74) is -0.00746. The molecule has 1 heterocycles. The van der Waals surface area contributed by atoms with Gasteiger partial charge < -0.3 is 10.2 Å². The maximum Gasteiger partial charge on any atom is 0.228 e. The fraction of sp³-hybridized carbons (Fsp3) is 0.917. The fourth-order valence-electron chi connectivity index (χ4n) is 2.67. The molecule has 16 heavy (non-hydrogen) atoms. The van der Waals surface area contributed by atoms with E-state index < -0.39 is 0 Å². The molecular weight excluding hydrogens is 224 g/mol. The molecule has 94 valence electrons. The van der Waals surface area contributed by atoms with Crippen molar-refractivity contribution in [2.24, 2.45) is 5.41 Å². The summed E-state index contributed by atoms with van der Waals surface area (Å²) in [6, 6.07) is 0.614. The first-order valence-electron chi connectivity index (χ1n) is 6.12. The van der Waals surface area contributed by atoms with Crippen LogP contribution in [0.25, 0.3) is 0 Å². The zero-order valence-corrected chi connectivity index (χ0v) is 11.1. The quantitative estimate of drug-likeness (QED) is 0.806. The lowest BCUT2D eigenvalue weighted by Crippen LogP contribution is -2.51. The highest BCUT2D eigenvalue weighted by Gasteiger charge is 2.42. The summed E-state index contributed by atoms with van der Waals surface area (Å²) in [6.07, 6.45) is 5.64. The summed E-state index contributed by atoms with van der Waals surface area (Å²) < 4.78 is 0. The monoisotopic (exact) mass is 246 g/mol. The topological polar surface area (TPSA) is 32.3 Å². The summed E-state index contributed by atoms with van der Waals surface area (Å²) in [5, 5.41) is 3.29. The van der Waals surface area contributed by atoms with Crippen molar-refractivity contribution in [3.05, 3.63) is 0 Å². The van der Waals surface area contributed by atoms with Crippen molar-refractivity contribution in [2.45, 2.75) is 45.1 Å². The van der Waals surface area contributed by atoms with Gasteiger partial charge in [0.05, 0.1) is 0 Å². The minimum absolute atomic E-state index is 0. The highest BCUT2D eigenvalue weighted by Crippen LogP contribution is 2.42. The molecule has 1 aliphatic carbocycles. The Kier molecular flexibility index (Phi) is 4.62. The number of halogens is 1. The number of carbonyl (C=O) groups excluding carboxylic acids is 1. The molecule has 1 saturated carbocycles. The van der Waals surface area contributed by atoms with Gasteiger partial charge in [0.15, 0.2) is 0 Å².